The van der Waals surface area contributed by atoms with Crippen LogP contribution in [0, 0.1) is 13.8 Å². The number of hydrogen-bond acceptors (Lipinski definition) is 3. The molecule has 16 heavy (non-hydrogen) atoms. The molecule has 1 aromatic heterocycles. The molecule has 1 atom stereocenters. The van der Waals surface area contributed by atoms with E-state index in [9.17, 15) is 0 Å². The maximum Gasteiger partial charge on any atom is 0.105 e. The van der Waals surface area contributed by atoms with Crippen LogP contribution in [0.3, 0.4) is 0 Å². The van der Waals surface area contributed by atoms with Crippen LogP contribution in [0.1, 0.15) is 36.5 Å². The monoisotopic (exact) mass is 223 g/mol. The first-order valence-electron chi connectivity index (χ1n) is 5.68. The van der Waals surface area contributed by atoms with Gasteiger partial charge in [-0.05, 0) is 39.8 Å². The van der Waals surface area contributed by atoms with E-state index in [0.717, 1.165) is 24.5 Å². The van der Waals surface area contributed by atoms with E-state index in [1.165, 1.54) is 11.8 Å². The largest absolute Gasteiger partial charge is 0.502 e. The van der Waals surface area contributed by atoms with Crippen molar-refractivity contribution in [3.63, 3.8) is 0 Å². The Bertz CT molecular complexity index is 331. The fraction of sp³-hybridized carbons (Fsp3) is 0.538. The van der Waals surface area contributed by atoms with Crippen LogP contribution in [0.25, 0.3) is 0 Å². The maximum atomic E-state index is 5.50. The Labute approximate surface area is 97.5 Å². The summed E-state index contributed by atoms with van der Waals surface area (Å²) in [5, 5.41) is 3.44. The second-order valence-corrected chi connectivity index (χ2v) is 3.94. The minimum atomic E-state index is 0.321. The van der Waals surface area contributed by atoms with Crippen molar-refractivity contribution in [2.45, 2.75) is 33.2 Å². The minimum Gasteiger partial charge on any atom is -0.502 e. The van der Waals surface area contributed by atoms with Crippen molar-refractivity contribution in [3.05, 3.63) is 36.0 Å². The predicted molar refractivity (Wildman–Crippen MR) is 65.4 cm³/mol. The lowest BCUT2D eigenvalue weighted by molar-refractivity contribution is 0.243. The number of rotatable bonds is 7. The Balaban J connectivity index is 2.32. The van der Waals surface area contributed by atoms with E-state index in [4.69, 9.17) is 9.15 Å². The topological polar surface area (TPSA) is 34.4 Å². The molecule has 0 aliphatic heterocycles. The van der Waals surface area contributed by atoms with E-state index in [0.29, 0.717) is 12.6 Å². The normalized spacial score (nSPS) is 12.4. The van der Waals surface area contributed by atoms with Crippen LogP contribution in [-0.4, -0.2) is 13.2 Å². The van der Waals surface area contributed by atoms with Gasteiger partial charge in [0.1, 0.15) is 11.5 Å². The van der Waals surface area contributed by atoms with Gasteiger partial charge in [-0.15, -0.1) is 0 Å². The first-order valence-corrected chi connectivity index (χ1v) is 5.68. The third kappa shape index (κ3) is 3.74. The van der Waals surface area contributed by atoms with Gasteiger partial charge in [-0.3, -0.25) is 0 Å². The highest BCUT2D eigenvalue weighted by Gasteiger charge is 2.11. The molecule has 0 aliphatic carbocycles. The molecule has 1 heterocycles. The Morgan fingerprint density at radius 3 is 2.88 bits per heavy atom. The second kappa shape index (κ2) is 6.38. The third-order valence-electron chi connectivity index (χ3n) is 2.55. The molecule has 1 aromatic rings. The first kappa shape index (κ1) is 12.8. The molecule has 3 nitrogen and oxygen atoms in total. The van der Waals surface area contributed by atoms with Gasteiger partial charge in [0, 0.05) is 11.6 Å². The standard InChI is InChI=1S/C13H21NO2/c1-5-15-8-6-7-14-11(3)13-9-10(2)16-12(13)4/h5,9,11,14H,1,6-8H2,2-4H3. The molecule has 1 rings (SSSR count). The Morgan fingerprint density at radius 2 is 2.31 bits per heavy atom. The zero-order chi connectivity index (χ0) is 12.0. The molecule has 0 aliphatic rings. The van der Waals surface area contributed by atoms with Crippen LogP contribution in [0.5, 0.6) is 0 Å². The van der Waals surface area contributed by atoms with Gasteiger partial charge >= 0.3 is 0 Å². The average molecular weight is 223 g/mol. The lowest BCUT2D eigenvalue weighted by Gasteiger charge is -2.12. The van der Waals surface area contributed by atoms with Crippen LogP contribution in [0.2, 0.25) is 0 Å². The first-order chi connectivity index (χ1) is 7.65. The van der Waals surface area contributed by atoms with Crippen molar-refractivity contribution in [2.24, 2.45) is 0 Å². The van der Waals surface area contributed by atoms with Crippen LogP contribution in [0.4, 0.5) is 0 Å². The Kier molecular flexibility index (Phi) is 5.12. The zero-order valence-electron chi connectivity index (χ0n) is 10.4. The summed E-state index contributed by atoms with van der Waals surface area (Å²) in [4.78, 5) is 0. The quantitative estimate of drug-likeness (QED) is 0.569. The molecule has 0 radical (unpaired) electrons. The van der Waals surface area contributed by atoms with Crippen LogP contribution >= 0.6 is 0 Å². The van der Waals surface area contributed by atoms with Crippen molar-refractivity contribution in [1.29, 1.82) is 0 Å². The molecule has 0 saturated heterocycles. The van der Waals surface area contributed by atoms with Gasteiger partial charge in [-0.1, -0.05) is 6.58 Å². The zero-order valence-corrected chi connectivity index (χ0v) is 10.4. The molecule has 0 saturated carbocycles. The Morgan fingerprint density at radius 1 is 1.56 bits per heavy atom. The van der Waals surface area contributed by atoms with E-state index in [1.54, 1.807) is 0 Å². The summed E-state index contributed by atoms with van der Waals surface area (Å²) in [6.07, 6.45) is 2.46. The maximum absolute atomic E-state index is 5.50. The highest BCUT2D eigenvalue weighted by molar-refractivity contribution is 5.23. The van der Waals surface area contributed by atoms with Crippen molar-refractivity contribution in [2.75, 3.05) is 13.2 Å². The summed E-state index contributed by atoms with van der Waals surface area (Å²) in [5.74, 6) is 1.97. The molecule has 3 heteroatoms. The van der Waals surface area contributed by atoms with E-state index >= 15 is 0 Å². The van der Waals surface area contributed by atoms with Gasteiger partial charge in [0.25, 0.3) is 0 Å². The van der Waals surface area contributed by atoms with Gasteiger partial charge in [0.15, 0.2) is 0 Å². The van der Waals surface area contributed by atoms with Crippen LogP contribution in [-0.2, 0) is 4.74 Å². The lowest BCUT2D eigenvalue weighted by Crippen LogP contribution is -2.20. The van der Waals surface area contributed by atoms with Crippen molar-refractivity contribution in [3.8, 4) is 0 Å². The Hall–Kier alpha value is -1.22. The van der Waals surface area contributed by atoms with Crippen LogP contribution in [0.15, 0.2) is 23.3 Å². The molecule has 1 unspecified atom stereocenters. The van der Waals surface area contributed by atoms with Gasteiger partial charge in [0.05, 0.1) is 12.9 Å². The molecular formula is C13H21NO2. The fourth-order valence-electron chi connectivity index (χ4n) is 1.75. The molecule has 0 spiro atoms. The smallest absolute Gasteiger partial charge is 0.105 e. The third-order valence-corrected chi connectivity index (χ3v) is 2.55. The summed E-state index contributed by atoms with van der Waals surface area (Å²) in [7, 11) is 0. The van der Waals surface area contributed by atoms with Gasteiger partial charge in [0.2, 0.25) is 0 Å². The van der Waals surface area contributed by atoms with E-state index < -0.39 is 0 Å². The van der Waals surface area contributed by atoms with Crippen molar-refractivity contribution >= 4 is 0 Å². The van der Waals surface area contributed by atoms with Crippen molar-refractivity contribution < 1.29 is 9.15 Å². The summed E-state index contributed by atoms with van der Waals surface area (Å²) in [6.45, 7) is 11.3. The fourth-order valence-corrected chi connectivity index (χ4v) is 1.75. The average Bonchev–Trinajstić information content (AvgIpc) is 2.57. The van der Waals surface area contributed by atoms with Crippen molar-refractivity contribution in [1.82, 2.24) is 5.32 Å². The summed E-state index contributed by atoms with van der Waals surface area (Å²) in [6, 6.07) is 2.41. The molecule has 0 bridgehead atoms. The molecular weight excluding hydrogens is 202 g/mol. The van der Waals surface area contributed by atoms with Crippen LogP contribution < -0.4 is 5.32 Å². The minimum absolute atomic E-state index is 0.321. The molecule has 0 amide bonds. The summed E-state index contributed by atoms with van der Waals surface area (Å²) in [5.41, 5.74) is 1.24. The molecule has 1 N–H and O–H groups in total. The van der Waals surface area contributed by atoms with Gasteiger partial charge in [-0.25, -0.2) is 0 Å². The van der Waals surface area contributed by atoms with Gasteiger partial charge in [-0.2, -0.15) is 0 Å². The second-order valence-electron chi connectivity index (χ2n) is 3.94. The number of ether oxygens (including phenoxy) is 1. The molecule has 90 valence electrons. The SMILES string of the molecule is C=COCCCNC(C)c1cc(C)oc1C. The van der Waals surface area contributed by atoms with E-state index in [2.05, 4.69) is 24.9 Å². The lowest BCUT2D eigenvalue weighted by atomic mass is 10.1. The number of aryl methyl sites for hydroxylation is 2. The van der Waals surface area contributed by atoms with Gasteiger partial charge < -0.3 is 14.5 Å². The molecule has 0 aromatic carbocycles. The highest BCUT2D eigenvalue weighted by atomic mass is 16.5. The molecule has 0 fully saturated rings. The predicted octanol–water partition coefficient (Wildman–Crippen LogP) is 3.10. The number of hydrogen-bond donors (Lipinski definition) is 1. The highest BCUT2D eigenvalue weighted by Crippen LogP contribution is 2.20. The number of nitrogens with one attached hydrogen (secondary N) is 1. The van der Waals surface area contributed by atoms with E-state index in [-0.39, 0.29) is 0 Å². The summed E-state index contributed by atoms with van der Waals surface area (Å²) >= 11 is 0. The number of furan rings is 1. The summed E-state index contributed by atoms with van der Waals surface area (Å²) < 4.78 is 10.6. The van der Waals surface area contributed by atoms with E-state index in [1.807, 2.05) is 13.8 Å².